The molecule has 1 aromatic rings. The van der Waals surface area contributed by atoms with Crippen LogP contribution in [-0.4, -0.2) is 6.29 Å². The molecule has 0 atom stereocenters. The maximum Gasteiger partial charge on any atom is 0.193 e. The highest BCUT2D eigenvalue weighted by Crippen LogP contribution is 2.10. The first-order valence-corrected chi connectivity index (χ1v) is 3.77. The van der Waals surface area contributed by atoms with E-state index in [1.807, 2.05) is 32.0 Å². The largest absolute Gasteiger partial charge is 0.289 e. The number of carbonyl (C=O) groups excluding carboxylic acids is 1. The molecule has 0 heterocycles. The Bertz CT molecular complexity index is 353. The van der Waals surface area contributed by atoms with Gasteiger partial charge in [-0.3, -0.25) is 4.79 Å². The lowest BCUT2D eigenvalue weighted by Crippen LogP contribution is -1.85. The number of benzene rings is 1. The highest BCUT2D eigenvalue weighted by atomic mass is 16.1. The van der Waals surface area contributed by atoms with Crippen molar-refractivity contribution in [2.24, 2.45) is 0 Å². The highest BCUT2D eigenvalue weighted by molar-refractivity contribution is 5.74. The van der Waals surface area contributed by atoms with Gasteiger partial charge >= 0.3 is 0 Å². The minimum Gasteiger partial charge on any atom is -0.289 e. The molecular formula is C11H10O. The summed E-state index contributed by atoms with van der Waals surface area (Å²) in [6, 6.07) is 5.89. The highest BCUT2D eigenvalue weighted by Gasteiger charge is 1.95. The summed E-state index contributed by atoms with van der Waals surface area (Å²) in [5.74, 6) is 5.19. The normalized spacial score (nSPS) is 8.50. The molecule has 1 nitrogen and oxygen atoms in total. The Kier molecular flexibility index (Phi) is 2.66. The predicted molar refractivity (Wildman–Crippen MR) is 48.9 cm³/mol. The first kappa shape index (κ1) is 8.55. The molecule has 1 aromatic carbocycles. The third kappa shape index (κ3) is 1.73. The lowest BCUT2D eigenvalue weighted by molar-refractivity contribution is -0.103. The average molecular weight is 158 g/mol. The molecule has 0 aromatic heterocycles. The number of hydrogen-bond donors (Lipinski definition) is 0. The maximum atomic E-state index is 10.0. The Morgan fingerprint density at radius 2 is 2.08 bits per heavy atom. The van der Waals surface area contributed by atoms with E-state index in [2.05, 4.69) is 11.8 Å². The molecule has 1 heteroatoms. The molecular weight excluding hydrogens is 148 g/mol. The lowest BCUT2D eigenvalue weighted by Gasteiger charge is -2.00. The topological polar surface area (TPSA) is 17.1 Å². The van der Waals surface area contributed by atoms with E-state index in [4.69, 9.17) is 0 Å². The molecule has 1 rings (SSSR count). The maximum absolute atomic E-state index is 10.0. The summed E-state index contributed by atoms with van der Waals surface area (Å²) in [7, 11) is 0. The van der Waals surface area contributed by atoms with E-state index in [9.17, 15) is 4.79 Å². The van der Waals surface area contributed by atoms with Gasteiger partial charge in [0.05, 0.1) is 0 Å². The van der Waals surface area contributed by atoms with Gasteiger partial charge in [-0.2, -0.15) is 0 Å². The third-order valence-corrected chi connectivity index (χ3v) is 1.87. The van der Waals surface area contributed by atoms with Gasteiger partial charge in [-0.15, -0.1) is 0 Å². The molecule has 0 aliphatic heterocycles. The molecule has 0 radical (unpaired) electrons. The van der Waals surface area contributed by atoms with Crippen LogP contribution >= 0.6 is 0 Å². The fraction of sp³-hybridized carbons (Fsp3) is 0.182. The number of aldehydes is 1. The van der Waals surface area contributed by atoms with Crippen molar-refractivity contribution in [1.82, 2.24) is 0 Å². The number of carbonyl (C=O) groups is 1. The van der Waals surface area contributed by atoms with Crippen molar-refractivity contribution in [3.8, 4) is 11.8 Å². The van der Waals surface area contributed by atoms with Gasteiger partial charge < -0.3 is 0 Å². The van der Waals surface area contributed by atoms with E-state index in [-0.39, 0.29) is 0 Å². The van der Waals surface area contributed by atoms with Crippen molar-refractivity contribution in [3.63, 3.8) is 0 Å². The van der Waals surface area contributed by atoms with Crippen LogP contribution in [0.3, 0.4) is 0 Å². The second kappa shape index (κ2) is 3.73. The summed E-state index contributed by atoms with van der Waals surface area (Å²) in [6.07, 6.45) is 0.613. The van der Waals surface area contributed by atoms with Gasteiger partial charge in [-0.25, -0.2) is 0 Å². The quantitative estimate of drug-likeness (QED) is 0.416. The fourth-order valence-corrected chi connectivity index (χ4v) is 0.994. The first-order chi connectivity index (χ1) is 5.75. The summed E-state index contributed by atoms with van der Waals surface area (Å²) in [5.41, 5.74) is 3.28. The summed E-state index contributed by atoms with van der Waals surface area (Å²) in [6.45, 7) is 4.03. The zero-order chi connectivity index (χ0) is 8.97. The van der Waals surface area contributed by atoms with Crippen LogP contribution in [0.1, 0.15) is 16.7 Å². The van der Waals surface area contributed by atoms with Crippen molar-refractivity contribution < 1.29 is 4.79 Å². The Hall–Kier alpha value is -1.55. The van der Waals surface area contributed by atoms with Crippen molar-refractivity contribution in [1.29, 1.82) is 0 Å². The van der Waals surface area contributed by atoms with Crippen molar-refractivity contribution in [3.05, 3.63) is 34.9 Å². The van der Waals surface area contributed by atoms with Crippen LogP contribution in [0.25, 0.3) is 0 Å². The van der Waals surface area contributed by atoms with E-state index in [0.29, 0.717) is 6.29 Å². The molecule has 0 bridgehead atoms. The van der Waals surface area contributed by atoms with Gasteiger partial charge in [0.15, 0.2) is 6.29 Å². The number of aryl methyl sites for hydroxylation is 1. The molecule has 60 valence electrons. The van der Waals surface area contributed by atoms with Gasteiger partial charge in [-0.05, 0) is 37.0 Å². The predicted octanol–water partition coefficient (Wildman–Crippen LogP) is 1.85. The first-order valence-electron chi connectivity index (χ1n) is 3.77. The van der Waals surface area contributed by atoms with Crippen LogP contribution < -0.4 is 0 Å². The Morgan fingerprint density at radius 1 is 1.33 bits per heavy atom. The molecule has 0 N–H and O–H groups in total. The SMILES string of the molecule is Cc1cccc(C#CC=O)c1C. The Labute approximate surface area is 72.4 Å². The zero-order valence-corrected chi connectivity index (χ0v) is 7.22. The van der Waals surface area contributed by atoms with Gasteiger partial charge in [0, 0.05) is 5.56 Å². The second-order valence-electron chi connectivity index (χ2n) is 2.63. The van der Waals surface area contributed by atoms with Crippen LogP contribution in [0, 0.1) is 25.7 Å². The van der Waals surface area contributed by atoms with E-state index >= 15 is 0 Å². The molecule has 0 aliphatic rings. The van der Waals surface area contributed by atoms with Crippen molar-refractivity contribution in [2.45, 2.75) is 13.8 Å². The minimum atomic E-state index is 0.613. The van der Waals surface area contributed by atoms with Crippen LogP contribution in [0.5, 0.6) is 0 Å². The second-order valence-corrected chi connectivity index (χ2v) is 2.63. The van der Waals surface area contributed by atoms with E-state index in [1.165, 1.54) is 5.56 Å². The van der Waals surface area contributed by atoms with Crippen molar-refractivity contribution >= 4 is 6.29 Å². The van der Waals surface area contributed by atoms with E-state index in [1.54, 1.807) is 0 Å². The smallest absolute Gasteiger partial charge is 0.193 e. The number of hydrogen-bond acceptors (Lipinski definition) is 1. The monoisotopic (exact) mass is 158 g/mol. The van der Waals surface area contributed by atoms with Gasteiger partial charge in [-0.1, -0.05) is 18.1 Å². The summed E-state index contributed by atoms with van der Waals surface area (Å²) in [4.78, 5) is 10.0. The van der Waals surface area contributed by atoms with Crippen LogP contribution in [0.15, 0.2) is 18.2 Å². The van der Waals surface area contributed by atoms with Crippen molar-refractivity contribution in [2.75, 3.05) is 0 Å². The van der Waals surface area contributed by atoms with Crippen LogP contribution in [0.4, 0.5) is 0 Å². The van der Waals surface area contributed by atoms with E-state index in [0.717, 1.165) is 11.1 Å². The fourth-order valence-electron chi connectivity index (χ4n) is 0.994. The Morgan fingerprint density at radius 3 is 2.75 bits per heavy atom. The van der Waals surface area contributed by atoms with Gasteiger partial charge in [0.2, 0.25) is 0 Å². The molecule has 0 fully saturated rings. The molecule has 0 saturated carbocycles. The zero-order valence-electron chi connectivity index (χ0n) is 7.22. The summed E-state index contributed by atoms with van der Waals surface area (Å²) in [5, 5.41) is 0. The van der Waals surface area contributed by atoms with Gasteiger partial charge in [0.1, 0.15) is 0 Å². The summed E-state index contributed by atoms with van der Waals surface area (Å²) >= 11 is 0. The molecule has 0 aliphatic carbocycles. The molecule has 0 spiro atoms. The lowest BCUT2D eigenvalue weighted by atomic mass is 10.0. The van der Waals surface area contributed by atoms with Gasteiger partial charge in [0.25, 0.3) is 0 Å². The third-order valence-electron chi connectivity index (χ3n) is 1.87. The standard InChI is InChI=1S/C11H10O/c1-9-5-3-6-11(10(9)2)7-4-8-12/h3,5-6,8H,1-2H3. The molecule has 12 heavy (non-hydrogen) atoms. The van der Waals surface area contributed by atoms with Crippen LogP contribution in [0.2, 0.25) is 0 Å². The summed E-state index contributed by atoms with van der Waals surface area (Å²) < 4.78 is 0. The minimum absolute atomic E-state index is 0.613. The molecule has 0 saturated heterocycles. The van der Waals surface area contributed by atoms with Crippen LogP contribution in [-0.2, 0) is 4.79 Å². The average Bonchev–Trinajstić information content (AvgIpc) is 2.08. The Balaban J connectivity index is 3.16. The molecule has 0 amide bonds. The molecule has 0 unspecified atom stereocenters. The number of rotatable bonds is 0. The van der Waals surface area contributed by atoms with E-state index < -0.39 is 0 Å².